The molecule has 3 atom stereocenters. The highest BCUT2D eigenvalue weighted by molar-refractivity contribution is 5.98. The predicted molar refractivity (Wildman–Crippen MR) is 111 cm³/mol. The van der Waals surface area contributed by atoms with E-state index in [0.717, 1.165) is 5.56 Å². The number of aromatic nitrogens is 1. The molecule has 0 spiro atoms. The van der Waals surface area contributed by atoms with Gasteiger partial charge in [0.1, 0.15) is 12.1 Å². The molecule has 8 nitrogen and oxygen atoms in total. The lowest BCUT2D eigenvalue weighted by molar-refractivity contribution is -0.990. The molecule has 1 fully saturated rings. The summed E-state index contributed by atoms with van der Waals surface area (Å²) in [5.41, 5.74) is 2.56. The molecule has 4 rings (SSSR count). The van der Waals surface area contributed by atoms with Crippen LogP contribution in [0, 0.1) is 5.21 Å². The summed E-state index contributed by atoms with van der Waals surface area (Å²) in [4.78, 5) is 32.4. The van der Waals surface area contributed by atoms with Crippen LogP contribution >= 0.6 is 0 Å². The summed E-state index contributed by atoms with van der Waals surface area (Å²) >= 11 is 0. The number of nitrogens with one attached hydrogen (secondary N) is 2. The van der Waals surface area contributed by atoms with E-state index < -0.39 is 17.3 Å². The molecular weight excluding hydrogens is 384 g/mol. The molecule has 2 amide bonds. The fourth-order valence-corrected chi connectivity index (χ4v) is 4.20. The van der Waals surface area contributed by atoms with Gasteiger partial charge in [-0.2, -0.15) is 5.23 Å². The maximum atomic E-state index is 13.2. The highest BCUT2D eigenvalue weighted by Crippen LogP contribution is 2.28. The lowest BCUT2D eigenvalue weighted by atomic mass is 9.95. The molecule has 1 aliphatic heterocycles. The molecule has 2 aromatic carbocycles. The van der Waals surface area contributed by atoms with E-state index in [2.05, 4.69) is 4.98 Å². The highest BCUT2D eigenvalue weighted by atomic mass is 16.8. The number of hydrogen-bond acceptors (Lipinski definition) is 4. The van der Waals surface area contributed by atoms with Crippen molar-refractivity contribution in [2.24, 2.45) is 0 Å². The number of carbonyl (C=O) groups is 2. The third-order valence-electron chi connectivity index (χ3n) is 5.90. The molecule has 0 bridgehead atoms. The number of nitrogens with zero attached hydrogens (tertiary/aromatic N) is 2. The molecule has 3 aromatic rings. The maximum Gasteiger partial charge on any atom is 0.246 e. The van der Waals surface area contributed by atoms with Crippen molar-refractivity contribution in [2.75, 3.05) is 14.1 Å². The van der Waals surface area contributed by atoms with Crippen molar-refractivity contribution < 1.29 is 20.0 Å². The van der Waals surface area contributed by atoms with Crippen LogP contribution in [0.4, 0.5) is 5.69 Å². The van der Waals surface area contributed by atoms with Crippen LogP contribution in [0.15, 0.2) is 54.7 Å². The largest absolute Gasteiger partial charge is 0.595 e. The zero-order chi connectivity index (χ0) is 21.4. The van der Waals surface area contributed by atoms with Crippen molar-refractivity contribution in [1.29, 1.82) is 0 Å². The number of piperazine rings is 1. The standard InChI is InChI=1S/C22H24N4O4/c1-24-18(11-14-7-4-3-5-8-14)21(27)25(2)19(22(24)28)12-15-13-23-16-9-6-10-17(20(15)16)26(29)30/h3-10,13,18-19,23,26,29H,11-12H2,1-2H3. The Morgan fingerprint density at radius 3 is 2.23 bits per heavy atom. The van der Waals surface area contributed by atoms with Gasteiger partial charge in [-0.25, -0.2) is 5.21 Å². The second kappa shape index (κ2) is 7.91. The minimum atomic E-state index is -1.03. The van der Waals surface area contributed by atoms with Crippen LogP contribution in [0.1, 0.15) is 11.1 Å². The van der Waals surface area contributed by atoms with E-state index in [1.807, 2.05) is 30.3 Å². The Kier molecular flexibility index (Phi) is 5.29. The molecule has 3 unspecified atom stereocenters. The molecule has 156 valence electrons. The van der Waals surface area contributed by atoms with Crippen LogP contribution in [0.25, 0.3) is 10.9 Å². The molecular formula is C22H24N4O4. The number of likely N-dealkylation sites (N-methyl/N-ethyl adjacent to an activating group) is 2. The van der Waals surface area contributed by atoms with Crippen LogP contribution in [0.3, 0.4) is 0 Å². The topological polar surface area (TPSA) is 104 Å². The van der Waals surface area contributed by atoms with Crippen molar-refractivity contribution in [1.82, 2.24) is 14.8 Å². The second-order valence-electron chi connectivity index (χ2n) is 7.67. The Morgan fingerprint density at radius 2 is 1.60 bits per heavy atom. The Morgan fingerprint density at radius 1 is 0.967 bits per heavy atom. The Hall–Kier alpha value is -3.20. The summed E-state index contributed by atoms with van der Waals surface area (Å²) in [6.45, 7) is 0. The number of benzene rings is 2. The molecule has 0 saturated carbocycles. The fourth-order valence-electron chi connectivity index (χ4n) is 4.20. The summed E-state index contributed by atoms with van der Waals surface area (Å²) in [6.07, 6.45) is 2.42. The van der Waals surface area contributed by atoms with Crippen LogP contribution in [0.2, 0.25) is 0 Å². The van der Waals surface area contributed by atoms with E-state index in [1.54, 1.807) is 38.5 Å². The van der Waals surface area contributed by atoms with Crippen LogP contribution in [-0.4, -0.2) is 58.0 Å². The van der Waals surface area contributed by atoms with Gasteiger partial charge in [0.25, 0.3) is 0 Å². The number of rotatable bonds is 5. The summed E-state index contributed by atoms with van der Waals surface area (Å²) in [6, 6.07) is 13.4. The molecule has 8 heteroatoms. The molecule has 0 radical (unpaired) electrons. The van der Waals surface area contributed by atoms with Crippen LogP contribution in [0.5, 0.6) is 0 Å². The first-order chi connectivity index (χ1) is 14.4. The van der Waals surface area contributed by atoms with Crippen molar-refractivity contribution in [3.8, 4) is 0 Å². The number of H-pyrrole nitrogens is 1. The average molecular weight is 408 g/mol. The van der Waals surface area contributed by atoms with Crippen molar-refractivity contribution in [3.05, 3.63) is 71.1 Å². The number of aromatic amines is 1. The average Bonchev–Trinajstić information content (AvgIpc) is 3.16. The predicted octanol–water partition coefficient (Wildman–Crippen LogP) is 1.02. The Balaban J connectivity index is 1.62. The molecule has 1 aliphatic rings. The van der Waals surface area contributed by atoms with E-state index in [0.29, 0.717) is 22.9 Å². The van der Waals surface area contributed by atoms with Gasteiger partial charge in [-0.3, -0.25) is 9.59 Å². The first kappa shape index (κ1) is 20.1. The normalized spacial score (nSPS) is 20.8. The molecule has 0 aliphatic carbocycles. The third-order valence-corrected chi connectivity index (χ3v) is 5.90. The Bertz CT molecular complexity index is 1080. The van der Waals surface area contributed by atoms with E-state index in [1.165, 1.54) is 9.80 Å². The van der Waals surface area contributed by atoms with Gasteiger partial charge in [0.15, 0.2) is 5.69 Å². The Labute approximate surface area is 173 Å². The number of fused-ring (bicyclic) bond motifs is 1. The lowest BCUT2D eigenvalue weighted by Gasteiger charge is -2.42. The van der Waals surface area contributed by atoms with Crippen LogP contribution < -0.4 is 5.23 Å². The van der Waals surface area contributed by atoms with Gasteiger partial charge in [0.2, 0.25) is 11.8 Å². The number of quaternary nitrogens is 1. The van der Waals surface area contributed by atoms with Crippen LogP contribution in [-0.2, 0) is 22.4 Å². The highest BCUT2D eigenvalue weighted by Gasteiger charge is 2.42. The molecule has 30 heavy (non-hydrogen) atoms. The third kappa shape index (κ3) is 3.45. The van der Waals surface area contributed by atoms with Gasteiger partial charge in [-0.05, 0) is 17.2 Å². The minimum absolute atomic E-state index is 0.121. The lowest BCUT2D eigenvalue weighted by Crippen LogP contribution is -2.99. The molecule has 1 saturated heterocycles. The molecule has 2 heterocycles. The molecule has 1 aromatic heterocycles. The van der Waals surface area contributed by atoms with Crippen molar-refractivity contribution in [3.63, 3.8) is 0 Å². The SMILES string of the molecule is CN1C(=O)C(Cc2c[nH]c3cccc([NH+]([O-])O)c23)N(C)C(=O)C1Cc1ccccc1. The van der Waals surface area contributed by atoms with E-state index in [-0.39, 0.29) is 23.9 Å². The maximum absolute atomic E-state index is 13.2. The van der Waals surface area contributed by atoms with E-state index >= 15 is 0 Å². The molecule has 3 N–H and O–H groups in total. The van der Waals surface area contributed by atoms with Gasteiger partial charge in [-0.15, -0.1) is 0 Å². The second-order valence-corrected chi connectivity index (χ2v) is 7.67. The monoisotopic (exact) mass is 408 g/mol. The summed E-state index contributed by atoms with van der Waals surface area (Å²) in [5, 5.41) is 20.7. The van der Waals surface area contributed by atoms with Gasteiger partial charge in [-0.1, -0.05) is 36.4 Å². The summed E-state index contributed by atoms with van der Waals surface area (Å²) in [7, 11) is 3.30. The van der Waals surface area contributed by atoms with E-state index in [9.17, 15) is 20.0 Å². The summed E-state index contributed by atoms with van der Waals surface area (Å²) < 4.78 is 0. The van der Waals surface area contributed by atoms with Gasteiger partial charge >= 0.3 is 0 Å². The van der Waals surface area contributed by atoms with Gasteiger partial charge in [0.05, 0.1) is 10.9 Å². The van der Waals surface area contributed by atoms with Crippen molar-refractivity contribution in [2.45, 2.75) is 24.9 Å². The zero-order valence-electron chi connectivity index (χ0n) is 16.8. The first-order valence-corrected chi connectivity index (χ1v) is 9.78. The number of hydrogen-bond donors (Lipinski definition) is 3. The smallest absolute Gasteiger partial charge is 0.246 e. The first-order valence-electron chi connectivity index (χ1n) is 9.78. The zero-order valence-corrected chi connectivity index (χ0v) is 16.8. The quantitative estimate of drug-likeness (QED) is 0.549. The minimum Gasteiger partial charge on any atom is -0.595 e. The van der Waals surface area contributed by atoms with E-state index in [4.69, 9.17) is 0 Å². The number of amides is 2. The van der Waals surface area contributed by atoms with Gasteiger partial charge in [0, 0.05) is 39.2 Å². The van der Waals surface area contributed by atoms with Crippen molar-refractivity contribution >= 4 is 28.4 Å². The van der Waals surface area contributed by atoms with Gasteiger partial charge < -0.3 is 20.0 Å². The fraction of sp³-hybridized carbons (Fsp3) is 0.273. The number of carbonyl (C=O) groups excluding carboxylic acids is 2. The summed E-state index contributed by atoms with van der Waals surface area (Å²) in [5.74, 6) is -0.274.